The van der Waals surface area contributed by atoms with E-state index in [4.69, 9.17) is 32.5 Å². The van der Waals surface area contributed by atoms with Gasteiger partial charge in [0.15, 0.2) is 10.6 Å². The van der Waals surface area contributed by atoms with Crippen molar-refractivity contribution in [3.05, 3.63) is 11.0 Å². The lowest BCUT2D eigenvalue weighted by molar-refractivity contribution is 0.0413. The number of aliphatic hydroxyl groups is 1. The predicted molar refractivity (Wildman–Crippen MR) is 76.0 cm³/mol. The number of nitrogens with zero attached hydrogens (tertiary/aromatic N) is 3. The maximum atomic E-state index is 10.6. The first-order valence-corrected chi connectivity index (χ1v) is 7.98. The third-order valence-corrected chi connectivity index (χ3v) is 3.29. The van der Waals surface area contributed by atoms with Gasteiger partial charge in [-0.1, -0.05) is 12.2 Å². The number of aromatic amines is 1. The minimum absolute atomic E-state index is 0.0897. The molecule has 2 aromatic rings. The van der Waals surface area contributed by atoms with E-state index < -0.39 is 20.0 Å². The van der Waals surface area contributed by atoms with Crippen molar-refractivity contribution in [2.24, 2.45) is 0 Å². The van der Waals surface area contributed by atoms with Crippen LogP contribution in [0, 0.1) is 4.64 Å². The number of H-pyrrole nitrogens is 1. The third kappa shape index (κ3) is 4.30. The van der Waals surface area contributed by atoms with E-state index in [2.05, 4.69) is 15.0 Å². The molecule has 21 heavy (non-hydrogen) atoms. The molecule has 116 valence electrons. The van der Waals surface area contributed by atoms with Crippen LogP contribution in [0.4, 0.5) is 5.95 Å². The molecule has 0 spiro atoms. The number of nitrogens with two attached hydrogens (primary N) is 1. The van der Waals surface area contributed by atoms with Crippen LogP contribution in [0.1, 0.15) is 0 Å². The van der Waals surface area contributed by atoms with Crippen molar-refractivity contribution in [3.8, 4) is 0 Å². The lowest BCUT2D eigenvalue weighted by atomic mass is 10.4. The highest BCUT2D eigenvalue weighted by Crippen LogP contribution is 2.33. The molecule has 0 saturated heterocycles. The maximum absolute atomic E-state index is 10.6. The number of nitrogens with one attached hydrogen (secondary N) is 1. The predicted octanol–water partition coefficient (Wildman–Crippen LogP) is -0.416. The molecule has 2 rings (SSSR count). The summed E-state index contributed by atoms with van der Waals surface area (Å²) in [7, 11) is -4.24. The summed E-state index contributed by atoms with van der Waals surface area (Å²) in [5.74, 6) is 0.126. The number of ether oxygens (including phenoxy) is 1. The van der Waals surface area contributed by atoms with E-state index in [9.17, 15) is 9.67 Å². The zero-order chi connectivity index (χ0) is 15.6. The van der Waals surface area contributed by atoms with E-state index >= 15 is 0 Å². The van der Waals surface area contributed by atoms with Crippen LogP contribution in [0.3, 0.4) is 0 Å². The summed E-state index contributed by atoms with van der Waals surface area (Å²) in [5.41, 5.74) is 6.51. The first-order chi connectivity index (χ1) is 9.76. The smallest absolute Gasteiger partial charge is 0.350 e. The van der Waals surface area contributed by atoms with E-state index in [-0.39, 0.29) is 23.7 Å². The fourth-order valence-electron chi connectivity index (χ4n) is 1.71. The van der Waals surface area contributed by atoms with Crippen molar-refractivity contribution in [1.29, 1.82) is 0 Å². The molecule has 0 bridgehead atoms. The Morgan fingerprint density at radius 3 is 2.95 bits per heavy atom. The molecule has 0 aromatic carbocycles. The van der Waals surface area contributed by atoms with Gasteiger partial charge in [0, 0.05) is 0 Å². The van der Waals surface area contributed by atoms with Crippen LogP contribution in [0.15, 0.2) is 6.33 Å². The first kappa shape index (κ1) is 16.0. The molecular formula is C9H14N5O5PS. The van der Waals surface area contributed by atoms with Crippen LogP contribution < -0.4 is 5.73 Å². The number of nitrogen functional groups attached to an aromatic ring is 1. The number of hydrogen-bond acceptors (Lipinski definition) is 7. The molecule has 1 unspecified atom stereocenters. The number of fused-ring (bicyclic) bond motifs is 1. The van der Waals surface area contributed by atoms with Crippen LogP contribution in [-0.4, -0.2) is 53.5 Å². The Kier molecular flexibility index (Phi) is 4.71. The summed E-state index contributed by atoms with van der Waals surface area (Å²) in [6, 6.07) is 0. The summed E-state index contributed by atoms with van der Waals surface area (Å²) in [5, 5.41) is 9.80. The molecule has 0 aliphatic rings. The van der Waals surface area contributed by atoms with Crippen LogP contribution in [0.5, 0.6) is 0 Å². The molecule has 0 aliphatic carbocycles. The summed E-state index contributed by atoms with van der Waals surface area (Å²) in [4.78, 5) is 28.0. The highest BCUT2D eigenvalue weighted by molar-refractivity contribution is 7.71. The number of anilines is 1. The molecule has 10 nitrogen and oxygen atoms in total. The quantitative estimate of drug-likeness (QED) is 0.349. The molecule has 0 saturated carbocycles. The highest BCUT2D eigenvalue weighted by atomic mass is 32.1. The van der Waals surface area contributed by atoms with Gasteiger partial charge < -0.3 is 34.9 Å². The van der Waals surface area contributed by atoms with Gasteiger partial charge in [-0.15, -0.1) is 0 Å². The fourth-order valence-corrected chi connectivity index (χ4v) is 2.30. The van der Waals surface area contributed by atoms with Crippen molar-refractivity contribution in [2.45, 2.75) is 12.6 Å². The molecule has 0 fully saturated rings. The van der Waals surface area contributed by atoms with E-state index in [0.29, 0.717) is 11.2 Å². The van der Waals surface area contributed by atoms with E-state index in [1.54, 1.807) is 4.57 Å². The SMILES string of the molecule is Nc1nc(=S)c2ncn(CC(O)COCP(=O)(O)O)c2[nH]1. The zero-order valence-corrected chi connectivity index (χ0v) is 12.4. The second-order valence-electron chi connectivity index (χ2n) is 4.34. The third-order valence-electron chi connectivity index (χ3n) is 2.49. The summed E-state index contributed by atoms with van der Waals surface area (Å²) in [6.45, 7) is -0.140. The monoisotopic (exact) mass is 335 g/mol. The van der Waals surface area contributed by atoms with Crippen molar-refractivity contribution >= 4 is 36.9 Å². The van der Waals surface area contributed by atoms with Crippen LogP contribution in [0.25, 0.3) is 11.2 Å². The van der Waals surface area contributed by atoms with Gasteiger partial charge in [-0.25, -0.2) is 9.97 Å². The summed E-state index contributed by atoms with van der Waals surface area (Å²) >= 11 is 5.02. The number of aliphatic hydroxyl groups excluding tert-OH is 1. The van der Waals surface area contributed by atoms with Gasteiger partial charge in [0.2, 0.25) is 0 Å². The van der Waals surface area contributed by atoms with Gasteiger partial charge in [-0.05, 0) is 0 Å². The molecule has 6 N–H and O–H groups in total. The fraction of sp³-hybridized carbons (Fsp3) is 0.444. The number of hydrogen-bond donors (Lipinski definition) is 5. The van der Waals surface area contributed by atoms with E-state index in [1.165, 1.54) is 6.33 Å². The van der Waals surface area contributed by atoms with Crippen molar-refractivity contribution in [3.63, 3.8) is 0 Å². The van der Waals surface area contributed by atoms with Crippen LogP contribution in [0.2, 0.25) is 0 Å². The zero-order valence-electron chi connectivity index (χ0n) is 10.7. The average molecular weight is 335 g/mol. The normalized spacial score (nSPS) is 13.7. The Labute approximate surface area is 123 Å². The lowest BCUT2D eigenvalue weighted by Gasteiger charge is -2.13. The second kappa shape index (κ2) is 6.18. The van der Waals surface area contributed by atoms with Gasteiger partial charge in [0.25, 0.3) is 0 Å². The van der Waals surface area contributed by atoms with Gasteiger partial charge in [0.05, 0.1) is 25.6 Å². The summed E-state index contributed by atoms with van der Waals surface area (Å²) < 4.78 is 17.2. The van der Waals surface area contributed by atoms with Crippen LogP contribution >= 0.6 is 19.8 Å². The second-order valence-corrected chi connectivity index (χ2v) is 6.31. The van der Waals surface area contributed by atoms with Gasteiger partial charge in [0.1, 0.15) is 17.5 Å². The molecule has 0 amide bonds. The Balaban J connectivity index is 2.06. The van der Waals surface area contributed by atoms with Crippen molar-refractivity contribution in [2.75, 3.05) is 18.7 Å². The lowest BCUT2D eigenvalue weighted by Crippen LogP contribution is -2.22. The molecule has 2 aromatic heterocycles. The van der Waals surface area contributed by atoms with Crippen molar-refractivity contribution < 1.29 is 24.2 Å². The topological polar surface area (TPSA) is 160 Å². The molecule has 1 atom stereocenters. The molecule has 0 aliphatic heterocycles. The Morgan fingerprint density at radius 2 is 2.29 bits per heavy atom. The Bertz CT molecular complexity index is 740. The largest absolute Gasteiger partial charge is 0.389 e. The van der Waals surface area contributed by atoms with Gasteiger partial charge >= 0.3 is 7.60 Å². The van der Waals surface area contributed by atoms with E-state index in [1.807, 2.05) is 0 Å². The van der Waals surface area contributed by atoms with Crippen LogP contribution in [-0.2, 0) is 15.8 Å². The number of imidazole rings is 1. The Hall–Kier alpha value is -1.36. The molecule has 0 radical (unpaired) electrons. The standard InChI is InChI=1S/C9H14N5O5PS/c10-9-12-7-6(8(21)13-9)11-3-14(7)1-5(15)2-19-4-20(16,17)18/h3,5,15H,1-2,4H2,(H2,16,17,18)(H3,10,12,13,21). The maximum Gasteiger partial charge on any atom is 0.350 e. The molecule has 2 heterocycles. The average Bonchev–Trinajstić information content (AvgIpc) is 2.71. The number of rotatable bonds is 6. The molecule has 12 heteroatoms. The highest BCUT2D eigenvalue weighted by Gasteiger charge is 2.15. The first-order valence-electron chi connectivity index (χ1n) is 5.77. The number of aromatic nitrogens is 4. The minimum atomic E-state index is -4.24. The van der Waals surface area contributed by atoms with Gasteiger partial charge in [-0.3, -0.25) is 4.57 Å². The summed E-state index contributed by atoms with van der Waals surface area (Å²) in [6.07, 6.45) is -0.275. The van der Waals surface area contributed by atoms with Gasteiger partial charge in [-0.2, -0.15) is 0 Å². The Morgan fingerprint density at radius 1 is 1.57 bits per heavy atom. The minimum Gasteiger partial charge on any atom is -0.389 e. The van der Waals surface area contributed by atoms with E-state index in [0.717, 1.165) is 0 Å². The molecular weight excluding hydrogens is 321 g/mol. The van der Waals surface area contributed by atoms with Crippen molar-refractivity contribution in [1.82, 2.24) is 19.5 Å².